The van der Waals surface area contributed by atoms with Gasteiger partial charge in [0.15, 0.2) is 0 Å². The van der Waals surface area contributed by atoms with Gasteiger partial charge in [0, 0.05) is 0 Å². The first-order valence-electron chi connectivity index (χ1n) is 6.78. The van der Waals surface area contributed by atoms with E-state index in [9.17, 15) is 0 Å². The Morgan fingerprint density at radius 2 is 1.00 bits per heavy atom. The summed E-state index contributed by atoms with van der Waals surface area (Å²) in [7, 11) is 3.35. The van der Waals surface area contributed by atoms with Crippen LogP contribution in [0.15, 0.2) is 0 Å². The fourth-order valence-corrected chi connectivity index (χ4v) is 8.33. The van der Waals surface area contributed by atoms with Crippen LogP contribution >= 0.6 is 15.2 Å². The van der Waals surface area contributed by atoms with E-state index in [1.54, 1.807) is 0 Å². The zero-order valence-electron chi connectivity index (χ0n) is 11.4. The van der Waals surface area contributed by atoms with Gasteiger partial charge in [-0.25, -0.2) is 0 Å². The van der Waals surface area contributed by atoms with Gasteiger partial charge in [0.1, 0.15) is 0 Å². The topological polar surface area (TPSA) is 0 Å². The fourth-order valence-electron chi connectivity index (χ4n) is 2.23. The maximum atomic E-state index is 3.35. The summed E-state index contributed by atoms with van der Waals surface area (Å²) in [6.07, 6.45) is 11.5. The van der Waals surface area contributed by atoms with Crippen molar-refractivity contribution in [3.8, 4) is 0 Å². The van der Waals surface area contributed by atoms with Gasteiger partial charge in [0.25, 0.3) is 0 Å². The first kappa shape index (κ1) is 15.9. The van der Waals surface area contributed by atoms with E-state index in [1.807, 2.05) is 0 Å². The zero-order chi connectivity index (χ0) is 11.8. The predicted molar refractivity (Wildman–Crippen MR) is 81.9 cm³/mol. The molecule has 0 nitrogen and oxygen atoms in total. The van der Waals surface area contributed by atoms with E-state index >= 15 is 0 Å². The van der Waals surface area contributed by atoms with Gasteiger partial charge in [0.05, 0.1) is 0 Å². The standard InChI is InChI=1S/C13H32P2/c1-5-8-11-15(4,14,12-9-6-2)13-10-7-3/h5-14H2,1-4H3. The van der Waals surface area contributed by atoms with Gasteiger partial charge >= 0.3 is 99.7 Å². The van der Waals surface area contributed by atoms with Crippen LogP contribution in [0.1, 0.15) is 59.3 Å². The first-order valence-corrected chi connectivity index (χ1v) is 11.6. The molecule has 1 atom stereocenters. The van der Waals surface area contributed by atoms with E-state index < -0.39 is 6.29 Å². The Labute approximate surface area is 100 Å². The first-order chi connectivity index (χ1) is 6.96. The molecule has 0 saturated heterocycles. The Balaban J connectivity index is 4.33. The molecule has 0 aromatic carbocycles. The van der Waals surface area contributed by atoms with Crippen molar-refractivity contribution < 1.29 is 0 Å². The Morgan fingerprint density at radius 3 is 1.20 bits per heavy atom. The second-order valence-electron chi connectivity index (χ2n) is 5.66. The van der Waals surface area contributed by atoms with Crippen molar-refractivity contribution in [2.24, 2.45) is 0 Å². The van der Waals surface area contributed by atoms with Gasteiger partial charge in [-0.2, -0.15) is 0 Å². The molecular weight excluding hydrogens is 218 g/mol. The van der Waals surface area contributed by atoms with Crippen LogP contribution < -0.4 is 0 Å². The molecule has 2 heteroatoms. The molecule has 1 unspecified atom stereocenters. The Bertz CT molecular complexity index is 135. The summed E-state index contributed by atoms with van der Waals surface area (Å²) in [6.45, 7) is 9.58. The number of hydrogen-bond donors (Lipinski definition) is 0. The summed E-state index contributed by atoms with van der Waals surface area (Å²) in [5.41, 5.74) is 0. The molecule has 0 N–H and O–H groups in total. The fraction of sp³-hybridized carbons (Fsp3) is 1.00. The quantitative estimate of drug-likeness (QED) is 0.483. The molecule has 0 aromatic heterocycles. The molecule has 0 spiro atoms. The third-order valence-corrected chi connectivity index (χ3v) is 10.8. The van der Waals surface area contributed by atoms with Gasteiger partial charge in [-0.15, -0.1) is 0 Å². The van der Waals surface area contributed by atoms with Crippen LogP contribution in [0.5, 0.6) is 0 Å². The second-order valence-corrected chi connectivity index (χ2v) is 16.7. The van der Waals surface area contributed by atoms with Crippen molar-refractivity contribution in [1.29, 1.82) is 0 Å². The molecule has 0 saturated carbocycles. The molecule has 15 heavy (non-hydrogen) atoms. The van der Waals surface area contributed by atoms with Crippen molar-refractivity contribution in [3.63, 3.8) is 0 Å². The van der Waals surface area contributed by atoms with Crippen LogP contribution in [0.4, 0.5) is 0 Å². The molecule has 0 bridgehead atoms. The van der Waals surface area contributed by atoms with Crippen molar-refractivity contribution in [3.05, 3.63) is 0 Å². The summed E-state index contributed by atoms with van der Waals surface area (Å²) in [5.74, 6) is 0. The van der Waals surface area contributed by atoms with Gasteiger partial charge in [-0.1, -0.05) is 0 Å². The molecular formula is C13H32P2. The maximum absolute atomic E-state index is 3.35. The van der Waals surface area contributed by atoms with E-state index in [2.05, 4.69) is 36.4 Å². The van der Waals surface area contributed by atoms with E-state index in [4.69, 9.17) is 0 Å². The molecule has 0 aliphatic rings. The van der Waals surface area contributed by atoms with Crippen LogP contribution in [0.3, 0.4) is 0 Å². The average Bonchev–Trinajstić information content (AvgIpc) is 2.22. The second kappa shape index (κ2) is 7.24. The van der Waals surface area contributed by atoms with Crippen LogP contribution in [0.2, 0.25) is 0 Å². The third-order valence-electron chi connectivity index (χ3n) is 3.54. The van der Waals surface area contributed by atoms with E-state index in [1.165, 1.54) is 57.0 Å². The van der Waals surface area contributed by atoms with Crippen molar-refractivity contribution in [2.75, 3.05) is 25.2 Å². The van der Waals surface area contributed by atoms with Gasteiger partial charge in [-0.05, 0) is 0 Å². The Kier molecular flexibility index (Phi) is 7.65. The van der Waals surface area contributed by atoms with Crippen LogP contribution in [-0.4, -0.2) is 25.2 Å². The number of hydrogen-bond acceptors (Lipinski definition) is 0. The molecule has 0 radical (unpaired) electrons. The van der Waals surface area contributed by atoms with Gasteiger partial charge in [-0.3, -0.25) is 0 Å². The van der Waals surface area contributed by atoms with Crippen LogP contribution in [0.25, 0.3) is 0 Å². The Hall–Kier alpha value is 0.860. The van der Waals surface area contributed by atoms with Gasteiger partial charge in [0.2, 0.25) is 0 Å². The summed E-state index contributed by atoms with van der Waals surface area (Å²) in [4.78, 5) is 0. The number of unbranched alkanes of at least 4 members (excludes halogenated alkanes) is 3. The average molecular weight is 250 g/mol. The van der Waals surface area contributed by atoms with Crippen molar-refractivity contribution in [2.45, 2.75) is 59.3 Å². The molecule has 0 rings (SSSR count). The van der Waals surface area contributed by atoms with Crippen molar-refractivity contribution in [1.82, 2.24) is 0 Å². The minimum atomic E-state index is -1.37. The van der Waals surface area contributed by atoms with Crippen LogP contribution in [-0.2, 0) is 0 Å². The van der Waals surface area contributed by atoms with E-state index in [0.717, 1.165) is 0 Å². The molecule has 0 aromatic rings. The van der Waals surface area contributed by atoms with E-state index in [0.29, 0.717) is 0 Å². The third kappa shape index (κ3) is 6.91. The molecule has 0 amide bonds. The summed E-state index contributed by atoms with van der Waals surface area (Å²) in [6, 6.07) is 0. The monoisotopic (exact) mass is 250 g/mol. The summed E-state index contributed by atoms with van der Waals surface area (Å²) in [5, 5.41) is 0. The number of rotatable bonds is 9. The molecule has 0 heterocycles. The van der Waals surface area contributed by atoms with Crippen LogP contribution in [0, 0.1) is 0 Å². The molecule has 94 valence electrons. The molecule has 0 aliphatic heterocycles. The van der Waals surface area contributed by atoms with E-state index in [-0.39, 0.29) is 0 Å². The van der Waals surface area contributed by atoms with Crippen molar-refractivity contribution >= 4 is 15.2 Å². The van der Waals surface area contributed by atoms with Gasteiger partial charge < -0.3 is 0 Å². The summed E-state index contributed by atoms with van der Waals surface area (Å²) < 4.78 is 0. The zero-order valence-corrected chi connectivity index (χ0v) is 13.4. The SMILES string of the molecule is CCCCP(C)(P)(CCCC)CCCC. The predicted octanol–water partition coefficient (Wildman–Crippen LogP) is 5.36. The normalized spacial score (nSPS) is 14.9. The summed E-state index contributed by atoms with van der Waals surface area (Å²) >= 11 is 0. The molecule has 0 fully saturated rings. The Morgan fingerprint density at radius 1 is 0.733 bits per heavy atom. The minimum absolute atomic E-state index is 1.36. The molecule has 0 aliphatic carbocycles.